The molecule has 0 saturated heterocycles. The number of rotatable bonds is 8. The van der Waals surface area contributed by atoms with E-state index in [2.05, 4.69) is 15.4 Å². The summed E-state index contributed by atoms with van der Waals surface area (Å²) in [7, 11) is 1.56. The van der Waals surface area contributed by atoms with E-state index >= 15 is 0 Å². The topological polar surface area (TPSA) is 103 Å². The van der Waals surface area contributed by atoms with E-state index in [0.29, 0.717) is 22.8 Å². The van der Waals surface area contributed by atoms with Gasteiger partial charge in [0.05, 0.1) is 12.8 Å². The fraction of sp³-hybridized carbons (Fsp3) is 0.150. The van der Waals surface area contributed by atoms with Crippen molar-refractivity contribution in [3.8, 4) is 22.8 Å². The van der Waals surface area contributed by atoms with Crippen LogP contribution in [0.15, 0.2) is 65.5 Å². The largest absolute Gasteiger partial charge is 0.497 e. The number of benzene rings is 2. The molecule has 28 heavy (non-hydrogen) atoms. The number of para-hydroxylation sites is 1. The van der Waals surface area contributed by atoms with E-state index in [1.807, 2.05) is 30.3 Å². The summed E-state index contributed by atoms with van der Waals surface area (Å²) in [5.41, 5.74) is 2.72. The average Bonchev–Trinajstić information content (AvgIpc) is 2.73. The SMILES string of the molecule is COc1ccc(-c2cc(C(=O)NOCCOc3ccccc3)[nH]c(=O)n2)cc1. The van der Waals surface area contributed by atoms with Gasteiger partial charge in [-0.05, 0) is 42.5 Å². The summed E-state index contributed by atoms with van der Waals surface area (Å²) in [6.45, 7) is 0.398. The molecule has 8 nitrogen and oxygen atoms in total. The van der Waals surface area contributed by atoms with Crippen molar-refractivity contribution >= 4 is 5.91 Å². The lowest BCUT2D eigenvalue weighted by atomic mass is 10.1. The van der Waals surface area contributed by atoms with E-state index < -0.39 is 11.6 Å². The number of aromatic nitrogens is 2. The van der Waals surface area contributed by atoms with E-state index in [1.165, 1.54) is 6.07 Å². The van der Waals surface area contributed by atoms with Gasteiger partial charge in [-0.25, -0.2) is 10.3 Å². The molecule has 8 heteroatoms. The number of carbonyl (C=O) groups is 1. The molecule has 0 radical (unpaired) electrons. The van der Waals surface area contributed by atoms with Gasteiger partial charge in [0.15, 0.2) is 0 Å². The third-order valence-electron chi connectivity index (χ3n) is 3.74. The van der Waals surface area contributed by atoms with Crippen LogP contribution in [0.4, 0.5) is 0 Å². The van der Waals surface area contributed by atoms with Crippen LogP contribution in [0.3, 0.4) is 0 Å². The first-order chi connectivity index (χ1) is 13.7. The zero-order chi connectivity index (χ0) is 19.8. The number of amides is 1. The summed E-state index contributed by atoms with van der Waals surface area (Å²) < 4.78 is 10.6. The molecule has 1 heterocycles. The highest BCUT2D eigenvalue weighted by molar-refractivity contribution is 5.92. The Balaban J connectivity index is 1.57. The Labute approximate surface area is 161 Å². The minimum absolute atomic E-state index is 0.0368. The van der Waals surface area contributed by atoms with Gasteiger partial charge < -0.3 is 14.5 Å². The molecule has 1 aromatic heterocycles. The lowest BCUT2D eigenvalue weighted by molar-refractivity contribution is 0.0196. The second kappa shape index (κ2) is 9.33. The predicted molar refractivity (Wildman–Crippen MR) is 102 cm³/mol. The summed E-state index contributed by atoms with van der Waals surface area (Å²) in [6, 6.07) is 17.7. The average molecular weight is 381 g/mol. The van der Waals surface area contributed by atoms with E-state index in [0.717, 1.165) is 0 Å². The number of methoxy groups -OCH3 is 1. The van der Waals surface area contributed by atoms with Gasteiger partial charge in [-0.1, -0.05) is 18.2 Å². The van der Waals surface area contributed by atoms with Crippen LogP contribution in [0.5, 0.6) is 11.5 Å². The number of hydrogen-bond acceptors (Lipinski definition) is 6. The number of hydrogen-bond donors (Lipinski definition) is 2. The molecule has 0 aliphatic heterocycles. The first-order valence-corrected chi connectivity index (χ1v) is 8.51. The number of carbonyl (C=O) groups excluding carboxylic acids is 1. The van der Waals surface area contributed by atoms with Gasteiger partial charge in [0, 0.05) is 5.56 Å². The molecule has 1 amide bonds. The maximum absolute atomic E-state index is 12.2. The summed E-state index contributed by atoms with van der Waals surface area (Å²) in [4.78, 5) is 35.4. The number of H-pyrrole nitrogens is 1. The van der Waals surface area contributed by atoms with Crippen LogP contribution in [0.2, 0.25) is 0 Å². The van der Waals surface area contributed by atoms with Crippen molar-refractivity contribution in [3.63, 3.8) is 0 Å². The second-order valence-electron chi connectivity index (χ2n) is 5.65. The lowest BCUT2D eigenvalue weighted by Crippen LogP contribution is -2.29. The zero-order valence-corrected chi connectivity index (χ0v) is 15.2. The maximum Gasteiger partial charge on any atom is 0.346 e. The van der Waals surface area contributed by atoms with E-state index in [1.54, 1.807) is 31.4 Å². The Bertz CT molecular complexity index is 971. The van der Waals surface area contributed by atoms with Crippen LogP contribution in [-0.4, -0.2) is 36.2 Å². The number of hydroxylamine groups is 1. The minimum Gasteiger partial charge on any atom is -0.497 e. The van der Waals surface area contributed by atoms with Crippen molar-refractivity contribution in [2.45, 2.75) is 0 Å². The molecule has 0 fully saturated rings. The Morgan fingerprint density at radius 2 is 1.79 bits per heavy atom. The molecular formula is C20H19N3O5. The number of nitrogens with zero attached hydrogens (tertiary/aromatic N) is 1. The highest BCUT2D eigenvalue weighted by Gasteiger charge is 2.11. The fourth-order valence-electron chi connectivity index (χ4n) is 2.38. The highest BCUT2D eigenvalue weighted by atomic mass is 16.7. The molecule has 3 rings (SSSR count). The smallest absolute Gasteiger partial charge is 0.346 e. The van der Waals surface area contributed by atoms with Gasteiger partial charge in [0.2, 0.25) is 0 Å². The molecule has 0 atom stereocenters. The maximum atomic E-state index is 12.2. The van der Waals surface area contributed by atoms with Crippen molar-refractivity contribution in [1.29, 1.82) is 0 Å². The normalized spacial score (nSPS) is 10.3. The first-order valence-electron chi connectivity index (χ1n) is 8.51. The Morgan fingerprint density at radius 1 is 1.04 bits per heavy atom. The lowest BCUT2D eigenvalue weighted by Gasteiger charge is -2.08. The molecule has 2 aromatic carbocycles. The van der Waals surface area contributed by atoms with Crippen molar-refractivity contribution in [1.82, 2.24) is 15.4 Å². The van der Waals surface area contributed by atoms with Crippen LogP contribution in [-0.2, 0) is 4.84 Å². The van der Waals surface area contributed by atoms with Crippen molar-refractivity contribution in [2.24, 2.45) is 0 Å². The summed E-state index contributed by atoms with van der Waals surface area (Å²) in [6.07, 6.45) is 0. The molecular weight excluding hydrogens is 362 g/mol. The van der Waals surface area contributed by atoms with Crippen LogP contribution in [0, 0.1) is 0 Å². The van der Waals surface area contributed by atoms with Gasteiger partial charge in [-0.15, -0.1) is 0 Å². The Hall–Kier alpha value is -3.65. The second-order valence-corrected chi connectivity index (χ2v) is 5.65. The molecule has 0 saturated carbocycles. The fourth-order valence-corrected chi connectivity index (χ4v) is 2.38. The number of aromatic amines is 1. The molecule has 0 unspecified atom stereocenters. The van der Waals surface area contributed by atoms with Gasteiger partial charge in [0.1, 0.15) is 30.4 Å². The van der Waals surface area contributed by atoms with Crippen molar-refractivity contribution in [2.75, 3.05) is 20.3 Å². The molecule has 0 bridgehead atoms. The number of nitrogens with one attached hydrogen (secondary N) is 2. The molecule has 0 aliphatic rings. The van der Waals surface area contributed by atoms with E-state index in [4.69, 9.17) is 14.3 Å². The molecule has 3 aromatic rings. The summed E-state index contributed by atoms with van der Waals surface area (Å²) in [5, 5.41) is 0. The molecule has 0 spiro atoms. The van der Waals surface area contributed by atoms with Gasteiger partial charge in [0.25, 0.3) is 5.91 Å². The van der Waals surface area contributed by atoms with Crippen molar-refractivity contribution < 1.29 is 19.1 Å². The standard InChI is InChI=1S/C20H19N3O5/c1-26-15-9-7-14(8-10-15)17-13-18(22-20(25)21-17)19(24)23-28-12-11-27-16-5-3-2-4-6-16/h2-10,13H,11-12H2,1H3,(H,23,24)(H,21,22,25). The van der Waals surface area contributed by atoms with E-state index in [9.17, 15) is 9.59 Å². The quantitative estimate of drug-likeness (QED) is 0.458. The van der Waals surface area contributed by atoms with Crippen molar-refractivity contribution in [3.05, 3.63) is 76.8 Å². The third-order valence-corrected chi connectivity index (χ3v) is 3.74. The first kappa shape index (κ1) is 19.1. The van der Waals surface area contributed by atoms with Crippen LogP contribution >= 0.6 is 0 Å². The Kier molecular flexibility index (Phi) is 6.37. The minimum atomic E-state index is -0.633. The predicted octanol–water partition coefficient (Wildman–Crippen LogP) is 2.19. The highest BCUT2D eigenvalue weighted by Crippen LogP contribution is 2.20. The third kappa shape index (κ3) is 5.18. The van der Waals surface area contributed by atoms with Gasteiger partial charge in [-0.3, -0.25) is 9.63 Å². The monoisotopic (exact) mass is 381 g/mol. The van der Waals surface area contributed by atoms with Gasteiger partial charge in [-0.2, -0.15) is 4.98 Å². The number of ether oxygens (including phenoxy) is 2. The Morgan fingerprint density at radius 3 is 2.50 bits per heavy atom. The van der Waals surface area contributed by atoms with Gasteiger partial charge >= 0.3 is 5.69 Å². The zero-order valence-electron chi connectivity index (χ0n) is 15.2. The van der Waals surface area contributed by atoms with Crippen LogP contribution in [0.1, 0.15) is 10.5 Å². The molecule has 0 aliphatic carbocycles. The summed E-state index contributed by atoms with van der Waals surface area (Å²) >= 11 is 0. The summed E-state index contributed by atoms with van der Waals surface area (Å²) in [5.74, 6) is 0.798. The molecule has 144 valence electrons. The van der Waals surface area contributed by atoms with E-state index in [-0.39, 0.29) is 18.9 Å². The van der Waals surface area contributed by atoms with Crippen LogP contribution in [0.25, 0.3) is 11.3 Å². The van der Waals surface area contributed by atoms with Crippen LogP contribution < -0.4 is 20.6 Å². The molecule has 2 N–H and O–H groups in total.